The van der Waals surface area contributed by atoms with Crippen LogP contribution in [0.5, 0.6) is 0 Å². The predicted octanol–water partition coefficient (Wildman–Crippen LogP) is 3.96. The van der Waals surface area contributed by atoms with Crippen LogP contribution < -0.4 is 4.90 Å². The highest BCUT2D eigenvalue weighted by molar-refractivity contribution is 9.10. The van der Waals surface area contributed by atoms with Crippen molar-refractivity contribution >= 4 is 21.6 Å². The summed E-state index contributed by atoms with van der Waals surface area (Å²) in [4.78, 5) is 2.15. The Morgan fingerprint density at radius 3 is 2.50 bits per heavy atom. The third kappa shape index (κ3) is 2.91. The van der Waals surface area contributed by atoms with Crippen molar-refractivity contribution in [2.24, 2.45) is 0 Å². The summed E-state index contributed by atoms with van der Waals surface area (Å²) >= 11 is 3.41. The average Bonchev–Trinajstić information content (AvgIpc) is 2.39. The minimum atomic E-state index is 0.659. The Morgan fingerprint density at radius 2 is 1.89 bits per heavy atom. The number of rotatable bonds is 3. The Morgan fingerprint density at radius 1 is 1.17 bits per heavy atom. The second kappa shape index (κ2) is 5.70. The van der Waals surface area contributed by atoms with Crippen LogP contribution in [0.4, 0.5) is 5.69 Å². The molecule has 0 saturated heterocycles. The van der Waals surface area contributed by atoms with Gasteiger partial charge in [-0.2, -0.15) is 5.26 Å². The molecule has 90 valence electrons. The zero-order valence-corrected chi connectivity index (χ0v) is 11.7. The van der Waals surface area contributed by atoms with Crippen molar-refractivity contribution in [3.05, 3.63) is 64.1 Å². The molecule has 0 spiro atoms. The van der Waals surface area contributed by atoms with Gasteiger partial charge >= 0.3 is 0 Å². The maximum absolute atomic E-state index is 8.89. The smallest absolute Gasteiger partial charge is 0.100 e. The highest BCUT2D eigenvalue weighted by Gasteiger charge is 2.05. The number of anilines is 1. The van der Waals surface area contributed by atoms with Gasteiger partial charge in [-0.1, -0.05) is 30.3 Å². The molecule has 0 aliphatic rings. The summed E-state index contributed by atoms with van der Waals surface area (Å²) in [7, 11) is 2.04. The van der Waals surface area contributed by atoms with Crippen LogP contribution in [0.1, 0.15) is 11.1 Å². The summed E-state index contributed by atoms with van der Waals surface area (Å²) in [5.41, 5.74) is 3.01. The van der Waals surface area contributed by atoms with Gasteiger partial charge in [0.1, 0.15) is 6.07 Å². The van der Waals surface area contributed by atoms with Crippen molar-refractivity contribution in [2.75, 3.05) is 11.9 Å². The molecule has 0 saturated carbocycles. The van der Waals surface area contributed by atoms with Crippen LogP contribution in [-0.4, -0.2) is 7.05 Å². The molecule has 0 atom stereocenters. The molecular weight excluding hydrogens is 288 g/mol. The van der Waals surface area contributed by atoms with E-state index in [2.05, 4.69) is 39.0 Å². The lowest BCUT2D eigenvalue weighted by molar-refractivity contribution is 0.922. The molecule has 2 aromatic carbocycles. The zero-order valence-electron chi connectivity index (χ0n) is 10.1. The van der Waals surface area contributed by atoms with Crippen LogP contribution in [-0.2, 0) is 6.54 Å². The molecule has 2 nitrogen and oxygen atoms in total. The van der Waals surface area contributed by atoms with Gasteiger partial charge in [0.2, 0.25) is 0 Å². The second-order valence-electron chi connectivity index (χ2n) is 4.12. The van der Waals surface area contributed by atoms with E-state index in [4.69, 9.17) is 5.26 Å². The monoisotopic (exact) mass is 300 g/mol. The molecule has 0 bridgehead atoms. The summed E-state index contributed by atoms with van der Waals surface area (Å²) < 4.78 is 0.836. The molecule has 0 radical (unpaired) electrons. The first-order valence-corrected chi connectivity index (χ1v) is 6.44. The maximum Gasteiger partial charge on any atom is 0.100 e. The Labute approximate surface area is 116 Å². The van der Waals surface area contributed by atoms with Gasteiger partial charge in [-0.05, 0) is 39.7 Å². The van der Waals surface area contributed by atoms with Gasteiger partial charge in [-0.25, -0.2) is 0 Å². The number of halogens is 1. The molecule has 0 N–H and O–H groups in total. The largest absolute Gasteiger partial charge is 0.370 e. The summed E-state index contributed by atoms with van der Waals surface area (Å²) in [5, 5.41) is 8.89. The van der Waals surface area contributed by atoms with Crippen molar-refractivity contribution in [2.45, 2.75) is 6.54 Å². The number of hydrogen-bond acceptors (Lipinski definition) is 2. The molecular formula is C15H13BrN2. The first-order valence-electron chi connectivity index (χ1n) is 5.65. The number of benzene rings is 2. The van der Waals surface area contributed by atoms with Crippen molar-refractivity contribution in [3.63, 3.8) is 0 Å². The fraction of sp³-hybridized carbons (Fsp3) is 0.133. The molecule has 0 heterocycles. The second-order valence-corrected chi connectivity index (χ2v) is 4.97. The van der Waals surface area contributed by atoms with Gasteiger partial charge < -0.3 is 4.90 Å². The standard InChI is InChI=1S/C15H13BrN2/c1-18(11-12-5-3-2-4-6-12)14-8-7-13(10-17)15(16)9-14/h2-9H,11H2,1H3. The van der Waals surface area contributed by atoms with Gasteiger partial charge in [0.05, 0.1) is 5.56 Å². The van der Waals surface area contributed by atoms with E-state index in [1.165, 1.54) is 5.56 Å². The van der Waals surface area contributed by atoms with Crippen molar-refractivity contribution in [1.82, 2.24) is 0 Å². The van der Waals surface area contributed by atoms with Gasteiger partial charge in [0.25, 0.3) is 0 Å². The number of nitriles is 1. The topological polar surface area (TPSA) is 27.0 Å². The molecule has 0 fully saturated rings. The molecule has 3 heteroatoms. The Kier molecular flexibility index (Phi) is 4.01. The van der Waals surface area contributed by atoms with Gasteiger partial charge in [-0.15, -0.1) is 0 Å². The Bertz CT molecular complexity index is 573. The summed E-state index contributed by atoms with van der Waals surface area (Å²) in [5.74, 6) is 0. The number of hydrogen-bond donors (Lipinski definition) is 0. The van der Waals surface area contributed by atoms with E-state index in [1.807, 2.05) is 43.4 Å². The van der Waals surface area contributed by atoms with E-state index in [9.17, 15) is 0 Å². The van der Waals surface area contributed by atoms with Crippen molar-refractivity contribution < 1.29 is 0 Å². The third-order valence-corrected chi connectivity index (χ3v) is 3.43. The lowest BCUT2D eigenvalue weighted by Crippen LogP contribution is -2.16. The van der Waals surface area contributed by atoms with Crippen molar-refractivity contribution in [3.8, 4) is 6.07 Å². The first kappa shape index (κ1) is 12.7. The molecule has 0 aliphatic heterocycles. The molecule has 0 amide bonds. The fourth-order valence-electron chi connectivity index (χ4n) is 1.78. The van der Waals surface area contributed by atoms with Gasteiger partial charge in [0.15, 0.2) is 0 Å². The molecule has 0 aliphatic carbocycles. The molecule has 2 aromatic rings. The van der Waals surface area contributed by atoms with E-state index >= 15 is 0 Å². The number of nitrogens with zero attached hydrogens (tertiary/aromatic N) is 2. The quantitative estimate of drug-likeness (QED) is 0.858. The van der Waals surface area contributed by atoms with Crippen molar-refractivity contribution in [1.29, 1.82) is 5.26 Å². The van der Waals surface area contributed by atoms with Crippen LogP contribution in [0, 0.1) is 11.3 Å². The van der Waals surface area contributed by atoms with E-state index in [1.54, 1.807) is 0 Å². The molecule has 0 aromatic heterocycles. The highest BCUT2D eigenvalue weighted by atomic mass is 79.9. The van der Waals surface area contributed by atoms with Crippen LogP contribution >= 0.6 is 15.9 Å². The maximum atomic E-state index is 8.89. The fourth-order valence-corrected chi connectivity index (χ4v) is 2.24. The summed E-state index contributed by atoms with van der Waals surface area (Å²) in [6.07, 6.45) is 0. The normalized spacial score (nSPS) is 9.83. The molecule has 2 rings (SSSR count). The zero-order chi connectivity index (χ0) is 13.0. The van der Waals surface area contributed by atoms with E-state index in [0.717, 1.165) is 16.7 Å². The minimum Gasteiger partial charge on any atom is -0.370 e. The van der Waals surface area contributed by atoms with E-state index in [-0.39, 0.29) is 0 Å². The van der Waals surface area contributed by atoms with Gasteiger partial charge in [0, 0.05) is 23.8 Å². The first-order chi connectivity index (χ1) is 8.70. The lowest BCUT2D eigenvalue weighted by Gasteiger charge is -2.19. The lowest BCUT2D eigenvalue weighted by atomic mass is 10.2. The highest BCUT2D eigenvalue weighted by Crippen LogP contribution is 2.24. The van der Waals surface area contributed by atoms with Crippen LogP contribution in [0.2, 0.25) is 0 Å². The van der Waals surface area contributed by atoms with Gasteiger partial charge in [-0.3, -0.25) is 0 Å². The minimum absolute atomic E-state index is 0.659. The summed E-state index contributed by atoms with van der Waals surface area (Å²) in [6, 6.07) is 18.2. The molecule has 18 heavy (non-hydrogen) atoms. The van der Waals surface area contributed by atoms with Crippen LogP contribution in [0.15, 0.2) is 53.0 Å². The average molecular weight is 301 g/mol. The van der Waals surface area contributed by atoms with Crippen LogP contribution in [0.3, 0.4) is 0 Å². The Hall–Kier alpha value is -1.79. The molecule has 0 unspecified atom stereocenters. The van der Waals surface area contributed by atoms with Crippen LogP contribution in [0.25, 0.3) is 0 Å². The third-order valence-electron chi connectivity index (χ3n) is 2.78. The predicted molar refractivity (Wildman–Crippen MR) is 77.4 cm³/mol. The summed E-state index contributed by atoms with van der Waals surface area (Å²) in [6.45, 7) is 0.846. The van der Waals surface area contributed by atoms with E-state index in [0.29, 0.717) is 5.56 Å². The Balaban J connectivity index is 2.17. The SMILES string of the molecule is CN(Cc1ccccc1)c1ccc(C#N)c(Br)c1. The van der Waals surface area contributed by atoms with E-state index < -0.39 is 0 Å².